The van der Waals surface area contributed by atoms with Crippen molar-refractivity contribution in [1.29, 1.82) is 0 Å². The molecule has 1 aliphatic heterocycles. The van der Waals surface area contributed by atoms with E-state index >= 15 is 0 Å². The van der Waals surface area contributed by atoms with Crippen LogP contribution in [0.15, 0.2) is 48.5 Å². The molecule has 0 spiro atoms. The number of nitrogens with zero attached hydrogens (tertiary/aromatic N) is 2. The Balaban J connectivity index is 1.55. The third-order valence-electron chi connectivity index (χ3n) is 4.90. The molecule has 3 rings (SSSR count). The van der Waals surface area contributed by atoms with E-state index in [0.29, 0.717) is 41.5 Å². The van der Waals surface area contributed by atoms with Crippen molar-refractivity contribution in [3.8, 4) is 0 Å². The van der Waals surface area contributed by atoms with Gasteiger partial charge < -0.3 is 10.2 Å². The molecule has 152 valence electrons. The number of benzene rings is 2. The van der Waals surface area contributed by atoms with Crippen LogP contribution in [0.3, 0.4) is 0 Å². The highest BCUT2D eigenvalue weighted by molar-refractivity contribution is 6.33. The number of carbonyl (C=O) groups excluding carboxylic acids is 3. The third-order valence-corrected chi connectivity index (χ3v) is 5.23. The first-order valence-corrected chi connectivity index (χ1v) is 9.99. The Morgan fingerprint density at radius 3 is 2.55 bits per heavy atom. The summed E-state index contributed by atoms with van der Waals surface area (Å²) in [6.45, 7) is 4.23. The zero-order valence-electron chi connectivity index (χ0n) is 16.4. The molecule has 2 amide bonds. The Hall–Kier alpha value is -2.70. The van der Waals surface area contributed by atoms with Gasteiger partial charge in [0, 0.05) is 37.4 Å². The normalized spacial score (nSPS) is 14.9. The minimum atomic E-state index is -0.142. The van der Waals surface area contributed by atoms with Gasteiger partial charge in [-0.25, -0.2) is 0 Å². The van der Waals surface area contributed by atoms with E-state index in [1.165, 1.54) is 6.92 Å². The maximum Gasteiger partial charge on any atom is 0.255 e. The van der Waals surface area contributed by atoms with E-state index in [0.717, 1.165) is 13.0 Å². The summed E-state index contributed by atoms with van der Waals surface area (Å²) in [4.78, 5) is 40.5. The first-order chi connectivity index (χ1) is 13.9. The van der Waals surface area contributed by atoms with Gasteiger partial charge in [-0.05, 0) is 37.6 Å². The molecular weight excluding hydrogens is 390 g/mol. The lowest BCUT2D eigenvalue weighted by atomic mass is 10.1. The van der Waals surface area contributed by atoms with Gasteiger partial charge in [0.2, 0.25) is 5.91 Å². The van der Waals surface area contributed by atoms with Gasteiger partial charge >= 0.3 is 0 Å². The number of ketones is 1. The lowest BCUT2D eigenvalue weighted by Gasteiger charge is -2.22. The number of hydrogen-bond acceptors (Lipinski definition) is 4. The standard InChI is InChI=1S/C22H24ClN3O3/c1-16(27)17-6-4-7-18(14-17)24-21(28)15-25-10-5-11-26(13-12-25)22(29)19-8-2-3-9-20(19)23/h2-4,6-9,14H,5,10-13,15H2,1H3,(H,24,28). The average molecular weight is 414 g/mol. The molecule has 0 atom stereocenters. The minimum Gasteiger partial charge on any atom is -0.337 e. The molecule has 6 nitrogen and oxygen atoms in total. The Kier molecular flexibility index (Phi) is 7.01. The van der Waals surface area contributed by atoms with Crippen LogP contribution in [0, 0.1) is 0 Å². The van der Waals surface area contributed by atoms with Gasteiger partial charge in [0.25, 0.3) is 5.91 Å². The SMILES string of the molecule is CC(=O)c1cccc(NC(=O)CN2CCCN(C(=O)c3ccccc3Cl)CC2)c1. The number of Topliss-reactive ketones (excluding diaryl/α,β-unsaturated/α-hetero) is 1. The molecule has 1 heterocycles. The first kappa shape index (κ1) is 21.0. The molecule has 1 N–H and O–H groups in total. The van der Waals surface area contributed by atoms with Crippen molar-refractivity contribution in [2.75, 3.05) is 38.0 Å². The Bertz CT molecular complexity index is 916. The Labute approximate surface area is 175 Å². The minimum absolute atomic E-state index is 0.0445. The zero-order valence-corrected chi connectivity index (χ0v) is 17.1. The molecule has 29 heavy (non-hydrogen) atoms. The van der Waals surface area contributed by atoms with Crippen molar-refractivity contribution < 1.29 is 14.4 Å². The number of carbonyl (C=O) groups is 3. The number of hydrogen-bond donors (Lipinski definition) is 1. The fourth-order valence-electron chi connectivity index (χ4n) is 3.36. The topological polar surface area (TPSA) is 69.7 Å². The quantitative estimate of drug-likeness (QED) is 0.763. The second-order valence-corrected chi connectivity index (χ2v) is 7.49. The summed E-state index contributed by atoms with van der Waals surface area (Å²) in [5.41, 5.74) is 1.67. The zero-order chi connectivity index (χ0) is 20.8. The summed E-state index contributed by atoms with van der Waals surface area (Å²) in [5, 5.41) is 3.29. The van der Waals surface area contributed by atoms with Crippen LogP contribution >= 0.6 is 11.6 Å². The van der Waals surface area contributed by atoms with Crippen LogP contribution in [0.25, 0.3) is 0 Å². The van der Waals surface area contributed by atoms with Gasteiger partial charge in [0.15, 0.2) is 5.78 Å². The maximum absolute atomic E-state index is 12.7. The Morgan fingerprint density at radius 1 is 1.00 bits per heavy atom. The van der Waals surface area contributed by atoms with Crippen LogP contribution < -0.4 is 5.32 Å². The van der Waals surface area contributed by atoms with Gasteiger partial charge in [-0.1, -0.05) is 35.9 Å². The summed E-state index contributed by atoms with van der Waals surface area (Å²) in [6, 6.07) is 13.9. The molecule has 0 aliphatic carbocycles. The van der Waals surface area contributed by atoms with Gasteiger partial charge in [0.1, 0.15) is 0 Å². The summed E-state index contributed by atoms with van der Waals surface area (Å²) in [5.74, 6) is -0.267. The second kappa shape index (κ2) is 9.67. The number of halogens is 1. The molecule has 7 heteroatoms. The number of amides is 2. The molecule has 0 bridgehead atoms. The van der Waals surface area contributed by atoms with Crippen molar-refractivity contribution >= 4 is 34.9 Å². The van der Waals surface area contributed by atoms with Crippen molar-refractivity contribution in [3.63, 3.8) is 0 Å². The molecule has 0 unspecified atom stereocenters. The van der Waals surface area contributed by atoms with Crippen LogP contribution in [-0.2, 0) is 4.79 Å². The molecule has 1 saturated heterocycles. The smallest absolute Gasteiger partial charge is 0.255 e. The van der Waals surface area contributed by atoms with E-state index in [9.17, 15) is 14.4 Å². The van der Waals surface area contributed by atoms with Crippen molar-refractivity contribution in [2.24, 2.45) is 0 Å². The highest BCUT2D eigenvalue weighted by Gasteiger charge is 2.22. The predicted molar refractivity (Wildman–Crippen MR) is 113 cm³/mol. The van der Waals surface area contributed by atoms with E-state index in [4.69, 9.17) is 11.6 Å². The van der Waals surface area contributed by atoms with Crippen LogP contribution in [-0.4, -0.2) is 60.1 Å². The highest BCUT2D eigenvalue weighted by Crippen LogP contribution is 2.18. The first-order valence-electron chi connectivity index (χ1n) is 9.61. The summed E-state index contributed by atoms with van der Waals surface area (Å²) >= 11 is 6.15. The van der Waals surface area contributed by atoms with Crippen LogP contribution in [0.5, 0.6) is 0 Å². The molecule has 0 aromatic heterocycles. The fourth-order valence-corrected chi connectivity index (χ4v) is 3.57. The third kappa shape index (κ3) is 5.65. The number of rotatable bonds is 5. The molecule has 2 aromatic carbocycles. The van der Waals surface area contributed by atoms with Crippen LogP contribution in [0.2, 0.25) is 5.02 Å². The molecule has 0 radical (unpaired) electrons. The Morgan fingerprint density at radius 2 is 1.79 bits per heavy atom. The summed E-state index contributed by atoms with van der Waals surface area (Å²) in [7, 11) is 0. The predicted octanol–water partition coefficient (Wildman–Crippen LogP) is 3.33. The van der Waals surface area contributed by atoms with Gasteiger partial charge in [-0.15, -0.1) is 0 Å². The summed E-state index contributed by atoms with van der Waals surface area (Å²) in [6.07, 6.45) is 0.781. The number of nitrogens with one attached hydrogen (secondary N) is 1. The van der Waals surface area contributed by atoms with E-state index in [-0.39, 0.29) is 24.1 Å². The maximum atomic E-state index is 12.7. The molecule has 1 fully saturated rings. The van der Waals surface area contributed by atoms with Gasteiger partial charge in [-0.3, -0.25) is 19.3 Å². The monoisotopic (exact) mass is 413 g/mol. The lowest BCUT2D eigenvalue weighted by molar-refractivity contribution is -0.117. The van der Waals surface area contributed by atoms with Crippen molar-refractivity contribution in [1.82, 2.24) is 9.80 Å². The van der Waals surface area contributed by atoms with Crippen molar-refractivity contribution in [3.05, 3.63) is 64.7 Å². The van der Waals surface area contributed by atoms with E-state index in [1.54, 1.807) is 53.4 Å². The van der Waals surface area contributed by atoms with E-state index in [1.807, 2.05) is 4.90 Å². The van der Waals surface area contributed by atoms with Gasteiger partial charge in [-0.2, -0.15) is 0 Å². The van der Waals surface area contributed by atoms with Gasteiger partial charge in [0.05, 0.1) is 17.1 Å². The molecule has 1 aliphatic rings. The highest BCUT2D eigenvalue weighted by atomic mass is 35.5. The van der Waals surface area contributed by atoms with Crippen LogP contribution in [0.4, 0.5) is 5.69 Å². The fraction of sp³-hybridized carbons (Fsp3) is 0.318. The molecule has 2 aromatic rings. The largest absolute Gasteiger partial charge is 0.337 e. The summed E-state index contributed by atoms with van der Waals surface area (Å²) < 4.78 is 0. The van der Waals surface area contributed by atoms with Crippen LogP contribution in [0.1, 0.15) is 34.1 Å². The second-order valence-electron chi connectivity index (χ2n) is 7.09. The molecular formula is C22H24ClN3O3. The van der Waals surface area contributed by atoms with E-state index < -0.39 is 0 Å². The average Bonchev–Trinajstić information content (AvgIpc) is 2.93. The molecule has 0 saturated carbocycles. The van der Waals surface area contributed by atoms with Crippen molar-refractivity contribution in [2.45, 2.75) is 13.3 Å². The number of anilines is 1. The lowest BCUT2D eigenvalue weighted by Crippen LogP contribution is -2.38. The van der Waals surface area contributed by atoms with E-state index in [2.05, 4.69) is 5.32 Å².